The first-order valence-electron chi connectivity index (χ1n) is 9.15. The van der Waals surface area contributed by atoms with Gasteiger partial charge in [-0.15, -0.1) is 10.2 Å². The van der Waals surface area contributed by atoms with Crippen molar-refractivity contribution in [3.63, 3.8) is 0 Å². The molecule has 4 rings (SSSR count). The summed E-state index contributed by atoms with van der Waals surface area (Å²) in [5.41, 5.74) is 4.89. The molecule has 0 saturated carbocycles. The molecule has 0 aliphatic carbocycles. The van der Waals surface area contributed by atoms with Crippen molar-refractivity contribution in [1.29, 1.82) is 0 Å². The molecule has 1 amide bonds. The summed E-state index contributed by atoms with van der Waals surface area (Å²) in [7, 11) is 0. The molecule has 12 heteroatoms. The van der Waals surface area contributed by atoms with Crippen molar-refractivity contribution in [3.05, 3.63) is 65.4 Å². The van der Waals surface area contributed by atoms with E-state index in [4.69, 9.17) is 14.6 Å². The fourth-order valence-corrected chi connectivity index (χ4v) is 2.92. The number of rotatable bonds is 7. The standard InChI is InChI=1S/C20H15F2N5O5/c1-20(21,22)12-8-7-11(31-12)9-27-25-13(17(23)28)14(26-27)18-24-15(19(29)30)16(32-18)10-5-3-2-4-6-10/h2-8H,9H2,1H3,(H2,23,28)(H,29,30). The summed E-state index contributed by atoms with van der Waals surface area (Å²) in [4.78, 5) is 28.5. The topological polar surface area (TPSA) is 150 Å². The monoisotopic (exact) mass is 443 g/mol. The number of nitrogens with two attached hydrogens (primary N) is 1. The number of carboxylic acids is 1. The van der Waals surface area contributed by atoms with Crippen LogP contribution in [0.3, 0.4) is 0 Å². The maximum atomic E-state index is 13.4. The first-order chi connectivity index (χ1) is 15.1. The molecular weight excluding hydrogens is 428 g/mol. The summed E-state index contributed by atoms with van der Waals surface area (Å²) < 4.78 is 37.5. The predicted octanol–water partition coefficient (Wildman–Crippen LogP) is 3.15. The average molecular weight is 443 g/mol. The van der Waals surface area contributed by atoms with Crippen molar-refractivity contribution in [2.75, 3.05) is 0 Å². The Bertz CT molecular complexity index is 1300. The number of hydrogen-bond donors (Lipinski definition) is 2. The highest BCUT2D eigenvalue weighted by molar-refractivity contribution is 5.97. The molecule has 0 fully saturated rings. The van der Waals surface area contributed by atoms with Gasteiger partial charge in [-0.3, -0.25) is 4.79 Å². The maximum absolute atomic E-state index is 13.4. The molecule has 0 saturated heterocycles. The number of primary amides is 1. The van der Waals surface area contributed by atoms with Crippen LogP contribution in [0.1, 0.15) is 39.4 Å². The van der Waals surface area contributed by atoms with Gasteiger partial charge in [-0.1, -0.05) is 30.3 Å². The van der Waals surface area contributed by atoms with Crippen molar-refractivity contribution >= 4 is 11.9 Å². The number of carbonyl (C=O) groups is 2. The molecule has 4 aromatic rings. The van der Waals surface area contributed by atoms with E-state index in [1.165, 1.54) is 6.07 Å². The van der Waals surface area contributed by atoms with Crippen LogP contribution in [0.15, 0.2) is 51.3 Å². The first kappa shape index (κ1) is 20.9. The van der Waals surface area contributed by atoms with Crippen molar-refractivity contribution in [3.8, 4) is 22.9 Å². The lowest BCUT2D eigenvalue weighted by atomic mass is 10.1. The lowest BCUT2D eigenvalue weighted by Gasteiger charge is -2.05. The van der Waals surface area contributed by atoms with Gasteiger partial charge in [0.05, 0.1) is 0 Å². The van der Waals surface area contributed by atoms with E-state index in [1.54, 1.807) is 30.3 Å². The van der Waals surface area contributed by atoms with E-state index in [0.717, 1.165) is 10.9 Å². The summed E-state index contributed by atoms with van der Waals surface area (Å²) in [6, 6.07) is 10.8. The fraction of sp³-hybridized carbons (Fsp3) is 0.150. The minimum absolute atomic E-state index is 0.0427. The second-order valence-corrected chi connectivity index (χ2v) is 6.81. The van der Waals surface area contributed by atoms with Crippen molar-refractivity contribution in [1.82, 2.24) is 20.0 Å². The lowest BCUT2D eigenvalue weighted by molar-refractivity contribution is -0.00641. The van der Waals surface area contributed by atoms with Crippen molar-refractivity contribution < 1.29 is 32.3 Å². The Morgan fingerprint density at radius 1 is 1.09 bits per heavy atom. The van der Waals surface area contributed by atoms with E-state index >= 15 is 0 Å². The zero-order valence-electron chi connectivity index (χ0n) is 16.5. The van der Waals surface area contributed by atoms with Crippen LogP contribution >= 0.6 is 0 Å². The fourth-order valence-electron chi connectivity index (χ4n) is 2.92. The van der Waals surface area contributed by atoms with Gasteiger partial charge in [0.25, 0.3) is 11.8 Å². The summed E-state index contributed by atoms with van der Waals surface area (Å²) in [5.74, 6) is -6.26. The quantitative estimate of drug-likeness (QED) is 0.442. The van der Waals surface area contributed by atoms with Gasteiger partial charge in [-0.2, -0.15) is 18.6 Å². The Kier molecular flexibility index (Phi) is 5.04. The van der Waals surface area contributed by atoms with E-state index in [-0.39, 0.29) is 35.3 Å². The van der Waals surface area contributed by atoms with Crippen LogP contribution in [0.4, 0.5) is 8.78 Å². The normalized spacial score (nSPS) is 11.6. The second-order valence-electron chi connectivity index (χ2n) is 6.81. The zero-order chi connectivity index (χ0) is 23.0. The Balaban J connectivity index is 1.74. The number of carbonyl (C=O) groups excluding carboxylic acids is 1. The van der Waals surface area contributed by atoms with Gasteiger partial charge in [0, 0.05) is 12.5 Å². The highest BCUT2D eigenvalue weighted by Crippen LogP contribution is 2.31. The van der Waals surface area contributed by atoms with Crippen molar-refractivity contribution in [2.45, 2.75) is 19.4 Å². The van der Waals surface area contributed by atoms with Gasteiger partial charge >= 0.3 is 11.9 Å². The summed E-state index contributed by atoms with van der Waals surface area (Å²) in [6.07, 6.45) is 0. The molecule has 0 spiro atoms. The number of hydrogen-bond acceptors (Lipinski definition) is 7. The van der Waals surface area contributed by atoms with Gasteiger partial charge < -0.3 is 19.7 Å². The number of alkyl halides is 2. The third-order valence-electron chi connectivity index (χ3n) is 4.35. The van der Waals surface area contributed by atoms with Crippen molar-refractivity contribution in [2.24, 2.45) is 5.73 Å². The van der Waals surface area contributed by atoms with Gasteiger partial charge in [-0.25, -0.2) is 4.79 Å². The van der Waals surface area contributed by atoms with E-state index in [9.17, 15) is 23.5 Å². The minimum atomic E-state index is -3.17. The Morgan fingerprint density at radius 3 is 2.41 bits per heavy atom. The number of aromatic nitrogens is 4. The number of furan rings is 1. The Morgan fingerprint density at radius 2 is 1.81 bits per heavy atom. The molecule has 10 nitrogen and oxygen atoms in total. The predicted molar refractivity (Wildman–Crippen MR) is 104 cm³/mol. The van der Waals surface area contributed by atoms with E-state index in [0.29, 0.717) is 12.5 Å². The lowest BCUT2D eigenvalue weighted by Crippen LogP contribution is -2.14. The Hall–Kier alpha value is -4.35. The largest absolute Gasteiger partial charge is 0.476 e. The number of oxazole rings is 1. The molecule has 0 radical (unpaired) electrons. The molecule has 32 heavy (non-hydrogen) atoms. The van der Waals surface area contributed by atoms with Crippen LogP contribution in [0.2, 0.25) is 0 Å². The third kappa shape index (κ3) is 3.97. The molecule has 1 aromatic carbocycles. The molecule has 0 aliphatic rings. The molecule has 3 aromatic heterocycles. The van der Waals surface area contributed by atoms with E-state index in [2.05, 4.69) is 15.2 Å². The van der Waals surface area contributed by atoms with Gasteiger partial charge in [0.1, 0.15) is 12.3 Å². The number of amides is 1. The molecular formula is C20H15F2N5O5. The highest BCUT2D eigenvalue weighted by atomic mass is 19.3. The Labute approximate surface area is 178 Å². The van der Waals surface area contributed by atoms with Crippen LogP contribution in [0.5, 0.6) is 0 Å². The molecule has 0 atom stereocenters. The van der Waals surface area contributed by atoms with Gasteiger partial charge in [0.15, 0.2) is 28.6 Å². The van der Waals surface area contributed by atoms with Crippen LogP contribution < -0.4 is 5.73 Å². The van der Waals surface area contributed by atoms with E-state index < -0.39 is 29.3 Å². The molecule has 0 unspecified atom stereocenters. The van der Waals surface area contributed by atoms with E-state index in [1.807, 2.05) is 0 Å². The molecule has 0 aliphatic heterocycles. The molecule has 3 N–H and O–H groups in total. The number of aromatic carboxylic acids is 1. The number of nitrogens with zero attached hydrogens (tertiary/aromatic N) is 4. The van der Waals surface area contributed by atoms with Gasteiger partial charge in [0.2, 0.25) is 0 Å². The molecule has 3 heterocycles. The number of benzene rings is 1. The molecule has 0 bridgehead atoms. The number of carboxylic acid groups (broad SMARTS) is 1. The summed E-state index contributed by atoms with van der Waals surface area (Å²) >= 11 is 0. The molecule has 164 valence electrons. The minimum Gasteiger partial charge on any atom is -0.476 e. The third-order valence-corrected chi connectivity index (χ3v) is 4.35. The second kappa shape index (κ2) is 7.72. The van der Waals surface area contributed by atoms with Crippen LogP contribution in [-0.2, 0) is 12.5 Å². The van der Waals surface area contributed by atoms with Gasteiger partial charge in [-0.05, 0) is 12.1 Å². The van der Waals surface area contributed by atoms with Crippen LogP contribution in [0, 0.1) is 0 Å². The SMILES string of the molecule is CC(F)(F)c1ccc(Cn2nc(C(N)=O)c(-c3nc(C(=O)O)c(-c4ccccc4)o3)n2)o1. The van der Waals surface area contributed by atoms with Crippen LogP contribution in [0.25, 0.3) is 22.9 Å². The first-order valence-corrected chi connectivity index (χ1v) is 9.15. The summed E-state index contributed by atoms with van der Waals surface area (Å²) in [6.45, 7) is 0.492. The average Bonchev–Trinajstić information content (AvgIpc) is 3.46. The van der Waals surface area contributed by atoms with Crippen LogP contribution in [-0.4, -0.2) is 37.0 Å². The highest BCUT2D eigenvalue weighted by Gasteiger charge is 2.30. The number of halogens is 2. The zero-order valence-corrected chi connectivity index (χ0v) is 16.5. The summed E-state index contributed by atoms with van der Waals surface area (Å²) in [5, 5.41) is 17.5. The smallest absolute Gasteiger partial charge is 0.358 e. The maximum Gasteiger partial charge on any atom is 0.358 e.